The normalized spacial score (nSPS) is 11.9. The first-order valence-corrected chi connectivity index (χ1v) is 11.4. The minimum absolute atomic E-state index is 0.128. The molecule has 9 heteroatoms. The van der Waals surface area contributed by atoms with E-state index in [0.717, 1.165) is 0 Å². The first-order chi connectivity index (χ1) is 16.7. The molecule has 3 aromatic carbocycles. The molecular formula is C26H23ClN4O4. The Morgan fingerprint density at radius 1 is 1.14 bits per heavy atom. The topological polar surface area (TPSA) is 98.3 Å². The van der Waals surface area contributed by atoms with E-state index in [9.17, 15) is 19.7 Å². The number of benzene rings is 3. The maximum atomic E-state index is 13.6. The fourth-order valence-corrected chi connectivity index (χ4v) is 4.34. The third-order valence-electron chi connectivity index (χ3n) is 5.99. The predicted octanol–water partition coefficient (Wildman–Crippen LogP) is 5.48. The second-order valence-corrected chi connectivity index (χ2v) is 8.64. The zero-order valence-electron chi connectivity index (χ0n) is 19.4. The van der Waals surface area contributed by atoms with Gasteiger partial charge in [0.1, 0.15) is 5.82 Å². The molecule has 0 aliphatic heterocycles. The van der Waals surface area contributed by atoms with E-state index in [4.69, 9.17) is 16.6 Å². The second-order valence-electron chi connectivity index (χ2n) is 8.21. The Balaban J connectivity index is 1.89. The summed E-state index contributed by atoms with van der Waals surface area (Å²) in [6.45, 7) is 3.50. The van der Waals surface area contributed by atoms with Gasteiger partial charge in [0.25, 0.3) is 17.2 Å². The Morgan fingerprint density at radius 2 is 1.89 bits per heavy atom. The van der Waals surface area contributed by atoms with Gasteiger partial charge in [-0.05, 0) is 49.7 Å². The van der Waals surface area contributed by atoms with Gasteiger partial charge in [0.15, 0.2) is 0 Å². The average Bonchev–Trinajstić information content (AvgIpc) is 2.84. The van der Waals surface area contributed by atoms with Crippen LogP contribution in [0, 0.1) is 17.0 Å². The number of carbonyl (C=O) groups excluding carboxylic acids is 1. The Hall–Kier alpha value is -4.04. The minimum atomic E-state index is -0.598. The van der Waals surface area contributed by atoms with Gasteiger partial charge in [-0.15, -0.1) is 0 Å². The molecule has 0 saturated heterocycles. The number of nitro groups is 1. The number of nitro benzene ring substituents is 1. The number of rotatable bonds is 6. The quantitative estimate of drug-likeness (QED) is 0.263. The van der Waals surface area contributed by atoms with Crippen LogP contribution < -0.4 is 5.56 Å². The summed E-state index contributed by atoms with van der Waals surface area (Å²) in [6, 6.07) is 17.7. The van der Waals surface area contributed by atoms with Crippen LogP contribution >= 0.6 is 11.6 Å². The number of fused-ring (bicyclic) bond motifs is 1. The maximum absolute atomic E-state index is 13.6. The first-order valence-electron chi connectivity index (χ1n) is 11.0. The van der Waals surface area contributed by atoms with Gasteiger partial charge in [0, 0.05) is 29.3 Å². The highest BCUT2D eigenvalue weighted by Gasteiger charge is 2.28. The summed E-state index contributed by atoms with van der Waals surface area (Å²) in [6.07, 6.45) is 0.446. The van der Waals surface area contributed by atoms with E-state index in [1.54, 1.807) is 74.6 Å². The third kappa shape index (κ3) is 4.52. The molecule has 0 bridgehead atoms. The largest absolute Gasteiger partial charge is 0.332 e. The molecule has 0 N–H and O–H groups in total. The van der Waals surface area contributed by atoms with Gasteiger partial charge >= 0.3 is 0 Å². The molecule has 1 unspecified atom stereocenters. The van der Waals surface area contributed by atoms with E-state index in [1.165, 1.54) is 15.5 Å². The summed E-state index contributed by atoms with van der Waals surface area (Å²) >= 11 is 6.22. The Labute approximate surface area is 206 Å². The standard InChI is InChI=1S/C26H23ClN4O4/c1-4-22(29(3)25(32)17-13-12-16(2)23(14-17)31(34)35)24-28-21-11-6-5-10-20(21)26(33)30(24)19-9-7-8-18(27)15-19/h5-15,22H,4H2,1-3H3. The van der Waals surface area contributed by atoms with Crippen LogP contribution in [-0.2, 0) is 0 Å². The van der Waals surface area contributed by atoms with Crippen LogP contribution in [0.5, 0.6) is 0 Å². The molecule has 4 aromatic rings. The van der Waals surface area contributed by atoms with Gasteiger partial charge in [-0.25, -0.2) is 4.98 Å². The third-order valence-corrected chi connectivity index (χ3v) is 6.23. The van der Waals surface area contributed by atoms with E-state index >= 15 is 0 Å². The lowest BCUT2D eigenvalue weighted by Crippen LogP contribution is -2.36. The van der Waals surface area contributed by atoms with Crippen molar-refractivity contribution in [2.45, 2.75) is 26.3 Å². The highest BCUT2D eigenvalue weighted by atomic mass is 35.5. The summed E-state index contributed by atoms with van der Waals surface area (Å²) in [5.41, 5.74) is 1.28. The molecule has 0 spiro atoms. The van der Waals surface area contributed by atoms with Crippen LogP contribution in [0.2, 0.25) is 5.02 Å². The van der Waals surface area contributed by atoms with Crippen LogP contribution in [0.1, 0.15) is 41.1 Å². The summed E-state index contributed by atoms with van der Waals surface area (Å²) in [7, 11) is 1.60. The molecule has 1 heterocycles. The Kier molecular flexibility index (Phi) is 6.66. The zero-order valence-corrected chi connectivity index (χ0v) is 20.2. The van der Waals surface area contributed by atoms with Crippen molar-refractivity contribution in [1.82, 2.24) is 14.5 Å². The number of halogens is 1. The summed E-state index contributed by atoms with van der Waals surface area (Å²) < 4.78 is 1.48. The SMILES string of the molecule is CCC(c1nc2ccccc2c(=O)n1-c1cccc(Cl)c1)N(C)C(=O)c1ccc(C)c([N+](=O)[O-])c1. The van der Waals surface area contributed by atoms with Crippen molar-refractivity contribution in [3.05, 3.63) is 109 Å². The Bertz CT molecular complexity index is 1520. The second kappa shape index (κ2) is 9.68. The van der Waals surface area contributed by atoms with Gasteiger partial charge < -0.3 is 4.90 Å². The van der Waals surface area contributed by atoms with Crippen molar-refractivity contribution in [1.29, 1.82) is 0 Å². The highest BCUT2D eigenvalue weighted by molar-refractivity contribution is 6.30. The van der Waals surface area contributed by atoms with Crippen molar-refractivity contribution in [2.24, 2.45) is 0 Å². The summed E-state index contributed by atoms with van der Waals surface area (Å²) in [5, 5.41) is 12.3. The van der Waals surface area contributed by atoms with Gasteiger partial charge in [-0.2, -0.15) is 0 Å². The van der Waals surface area contributed by atoms with Crippen LogP contribution in [0.4, 0.5) is 5.69 Å². The van der Waals surface area contributed by atoms with Gasteiger partial charge in [0.05, 0.1) is 27.6 Å². The molecule has 0 radical (unpaired) electrons. The lowest BCUT2D eigenvalue weighted by atomic mass is 10.1. The molecule has 0 aliphatic rings. The number of aromatic nitrogens is 2. The van der Waals surface area contributed by atoms with Crippen molar-refractivity contribution >= 4 is 34.1 Å². The smallest absolute Gasteiger partial charge is 0.273 e. The van der Waals surface area contributed by atoms with Crippen LogP contribution in [0.25, 0.3) is 16.6 Å². The first kappa shape index (κ1) is 24.1. The molecule has 0 aliphatic carbocycles. The lowest BCUT2D eigenvalue weighted by Gasteiger charge is -2.29. The average molecular weight is 491 g/mol. The fraction of sp³-hybridized carbons (Fsp3) is 0.192. The van der Waals surface area contributed by atoms with Gasteiger partial charge in [-0.1, -0.05) is 42.8 Å². The summed E-state index contributed by atoms with van der Waals surface area (Å²) in [5.74, 6) is -0.0454. The van der Waals surface area contributed by atoms with E-state index in [0.29, 0.717) is 39.4 Å². The van der Waals surface area contributed by atoms with Crippen LogP contribution in [-0.4, -0.2) is 32.3 Å². The number of para-hydroxylation sites is 1. The molecule has 0 fully saturated rings. The summed E-state index contributed by atoms with van der Waals surface area (Å²) in [4.78, 5) is 44.2. The van der Waals surface area contributed by atoms with Crippen molar-refractivity contribution in [3.8, 4) is 5.69 Å². The molecule has 178 valence electrons. The molecule has 1 amide bonds. The van der Waals surface area contributed by atoms with E-state index in [1.807, 2.05) is 6.92 Å². The minimum Gasteiger partial charge on any atom is -0.332 e. The van der Waals surface area contributed by atoms with E-state index in [-0.39, 0.29) is 16.8 Å². The molecule has 8 nitrogen and oxygen atoms in total. The van der Waals surface area contributed by atoms with Crippen molar-refractivity contribution in [3.63, 3.8) is 0 Å². The van der Waals surface area contributed by atoms with Gasteiger partial charge in [-0.3, -0.25) is 24.3 Å². The molecule has 4 rings (SSSR count). The van der Waals surface area contributed by atoms with Crippen molar-refractivity contribution in [2.75, 3.05) is 7.05 Å². The lowest BCUT2D eigenvalue weighted by molar-refractivity contribution is -0.385. The molecular weight excluding hydrogens is 468 g/mol. The maximum Gasteiger partial charge on any atom is 0.273 e. The monoisotopic (exact) mass is 490 g/mol. The number of hydrogen-bond acceptors (Lipinski definition) is 5. The predicted molar refractivity (Wildman–Crippen MR) is 135 cm³/mol. The highest BCUT2D eigenvalue weighted by Crippen LogP contribution is 2.28. The van der Waals surface area contributed by atoms with E-state index in [2.05, 4.69) is 0 Å². The number of hydrogen-bond donors (Lipinski definition) is 0. The molecule has 0 saturated carbocycles. The molecule has 35 heavy (non-hydrogen) atoms. The fourth-order valence-electron chi connectivity index (χ4n) is 4.15. The Morgan fingerprint density at radius 3 is 2.57 bits per heavy atom. The van der Waals surface area contributed by atoms with Gasteiger partial charge in [0.2, 0.25) is 0 Å². The number of nitrogens with zero attached hydrogens (tertiary/aromatic N) is 4. The van der Waals surface area contributed by atoms with Crippen LogP contribution in [0.3, 0.4) is 0 Å². The van der Waals surface area contributed by atoms with E-state index < -0.39 is 16.9 Å². The van der Waals surface area contributed by atoms with Crippen LogP contribution in [0.15, 0.2) is 71.5 Å². The molecule has 1 aromatic heterocycles. The molecule has 1 atom stereocenters. The number of amides is 1. The number of carbonyl (C=O) groups is 1. The zero-order chi connectivity index (χ0) is 25.3. The number of aryl methyl sites for hydroxylation is 1. The van der Waals surface area contributed by atoms with Crippen molar-refractivity contribution < 1.29 is 9.72 Å².